The van der Waals surface area contributed by atoms with E-state index in [2.05, 4.69) is 31.8 Å². The standard InChI is InChI=1S/C13H14N6S/c1-2-11(20-5-1)13-16-12(7-14-17-13)18-19-8-10(6-15-19)9-3-4-9/h2,6-9H,1,3-5H2,(H,16,17,18). The van der Waals surface area contributed by atoms with Crippen LogP contribution in [-0.4, -0.2) is 30.8 Å². The second-order valence-electron chi connectivity index (χ2n) is 4.98. The Labute approximate surface area is 120 Å². The van der Waals surface area contributed by atoms with Crippen molar-refractivity contribution in [2.24, 2.45) is 0 Å². The molecule has 1 aliphatic carbocycles. The van der Waals surface area contributed by atoms with E-state index in [0.717, 1.165) is 17.1 Å². The largest absolute Gasteiger partial charge is 0.260 e. The molecule has 0 amide bonds. The van der Waals surface area contributed by atoms with Gasteiger partial charge in [0, 0.05) is 5.75 Å². The summed E-state index contributed by atoms with van der Waals surface area (Å²) in [5.41, 5.74) is 4.41. The van der Waals surface area contributed by atoms with Crippen molar-refractivity contribution in [2.45, 2.75) is 25.2 Å². The molecule has 0 unspecified atom stereocenters. The van der Waals surface area contributed by atoms with Gasteiger partial charge in [-0.25, -0.2) is 4.98 Å². The molecule has 20 heavy (non-hydrogen) atoms. The number of allylic oxidation sites excluding steroid dienone is 1. The number of hydrogen-bond acceptors (Lipinski definition) is 6. The average molecular weight is 286 g/mol. The van der Waals surface area contributed by atoms with Gasteiger partial charge in [0.2, 0.25) is 0 Å². The Morgan fingerprint density at radius 1 is 1.30 bits per heavy atom. The first-order chi connectivity index (χ1) is 9.88. The Balaban J connectivity index is 1.53. The molecule has 1 aliphatic heterocycles. The molecule has 6 nitrogen and oxygen atoms in total. The summed E-state index contributed by atoms with van der Waals surface area (Å²) >= 11 is 1.77. The lowest BCUT2D eigenvalue weighted by Crippen LogP contribution is -2.12. The molecule has 0 atom stereocenters. The van der Waals surface area contributed by atoms with E-state index in [1.54, 1.807) is 22.7 Å². The van der Waals surface area contributed by atoms with E-state index < -0.39 is 0 Å². The molecule has 2 aromatic rings. The molecule has 1 fully saturated rings. The molecule has 2 aromatic heterocycles. The van der Waals surface area contributed by atoms with Crippen molar-refractivity contribution < 1.29 is 0 Å². The van der Waals surface area contributed by atoms with Crippen molar-refractivity contribution >= 4 is 22.5 Å². The van der Waals surface area contributed by atoms with Gasteiger partial charge in [0.1, 0.15) is 0 Å². The molecule has 0 bridgehead atoms. The summed E-state index contributed by atoms with van der Waals surface area (Å²) in [6.45, 7) is 0. The normalized spacial score (nSPS) is 18.1. The highest BCUT2D eigenvalue weighted by atomic mass is 32.2. The molecule has 1 N–H and O–H groups in total. The van der Waals surface area contributed by atoms with Crippen LogP contribution in [0, 0.1) is 0 Å². The Kier molecular flexibility index (Phi) is 2.91. The molecule has 1 saturated carbocycles. The van der Waals surface area contributed by atoms with Crippen molar-refractivity contribution in [3.63, 3.8) is 0 Å². The maximum atomic E-state index is 4.49. The number of thioether (sulfide) groups is 1. The van der Waals surface area contributed by atoms with E-state index in [4.69, 9.17) is 0 Å². The lowest BCUT2D eigenvalue weighted by Gasteiger charge is -2.05. The van der Waals surface area contributed by atoms with Crippen LogP contribution in [0.15, 0.2) is 24.7 Å². The van der Waals surface area contributed by atoms with Crippen LogP contribution in [0.5, 0.6) is 0 Å². The predicted octanol–water partition coefficient (Wildman–Crippen LogP) is 2.30. The second-order valence-corrected chi connectivity index (χ2v) is 6.11. The molecule has 102 valence electrons. The topological polar surface area (TPSA) is 68.5 Å². The first kappa shape index (κ1) is 11.9. The number of anilines is 1. The number of nitrogens with one attached hydrogen (secondary N) is 1. The maximum absolute atomic E-state index is 4.49. The Morgan fingerprint density at radius 3 is 3.05 bits per heavy atom. The summed E-state index contributed by atoms with van der Waals surface area (Å²) in [6, 6.07) is 0. The van der Waals surface area contributed by atoms with E-state index in [9.17, 15) is 0 Å². The first-order valence-corrected chi connectivity index (χ1v) is 7.72. The first-order valence-electron chi connectivity index (χ1n) is 6.73. The van der Waals surface area contributed by atoms with Crippen molar-refractivity contribution in [3.8, 4) is 0 Å². The molecular weight excluding hydrogens is 272 g/mol. The molecule has 0 radical (unpaired) electrons. The minimum atomic E-state index is 0.661. The summed E-state index contributed by atoms with van der Waals surface area (Å²) in [4.78, 5) is 7.29. The van der Waals surface area contributed by atoms with Gasteiger partial charge in [-0.15, -0.1) is 16.9 Å². The van der Waals surface area contributed by atoms with Gasteiger partial charge in [0.25, 0.3) is 0 Å². The van der Waals surface area contributed by atoms with Crippen LogP contribution in [0.3, 0.4) is 0 Å². The highest BCUT2D eigenvalue weighted by Crippen LogP contribution is 2.39. The molecule has 3 heterocycles. The molecule has 0 saturated heterocycles. The van der Waals surface area contributed by atoms with E-state index >= 15 is 0 Å². The number of hydrogen-bond donors (Lipinski definition) is 1. The molecule has 4 rings (SSSR count). The second kappa shape index (κ2) is 4.90. The minimum Gasteiger partial charge on any atom is -0.260 e. The van der Waals surface area contributed by atoms with Crippen LogP contribution in [0.1, 0.15) is 36.6 Å². The fourth-order valence-corrected chi connectivity index (χ4v) is 3.09. The van der Waals surface area contributed by atoms with Crippen LogP contribution in [0.25, 0.3) is 4.91 Å². The molecule has 2 aliphatic rings. The predicted molar refractivity (Wildman–Crippen MR) is 78.1 cm³/mol. The summed E-state index contributed by atoms with van der Waals surface area (Å²) in [6.07, 6.45) is 11.3. The van der Waals surface area contributed by atoms with Crippen molar-refractivity contribution in [2.75, 3.05) is 11.2 Å². The molecular formula is C13H14N6S. The fourth-order valence-electron chi connectivity index (χ4n) is 2.18. The van der Waals surface area contributed by atoms with Gasteiger partial charge in [-0.3, -0.25) is 5.43 Å². The average Bonchev–Trinajstić information content (AvgIpc) is 3.00. The van der Waals surface area contributed by atoms with E-state index in [-0.39, 0.29) is 0 Å². The lowest BCUT2D eigenvalue weighted by molar-refractivity contribution is 0.786. The number of rotatable bonds is 4. The quantitative estimate of drug-likeness (QED) is 0.930. The highest BCUT2D eigenvalue weighted by Gasteiger charge is 2.24. The SMILES string of the molecule is C1=C(c2nncc(Nn3cc(C4CC4)cn3)n2)SCC1. The summed E-state index contributed by atoms with van der Waals surface area (Å²) in [5, 5.41) is 12.4. The lowest BCUT2D eigenvalue weighted by atomic mass is 10.2. The molecule has 7 heteroatoms. The van der Waals surface area contributed by atoms with Crippen molar-refractivity contribution in [1.29, 1.82) is 0 Å². The zero-order chi connectivity index (χ0) is 13.4. The summed E-state index contributed by atoms with van der Waals surface area (Å²) < 4.78 is 0. The number of nitrogens with zero attached hydrogens (tertiary/aromatic N) is 5. The van der Waals surface area contributed by atoms with Gasteiger partial charge in [-0.1, -0.05) is 6.08 Å². The third-order valence-electron chi connectivity index (χ3n) is 3.36. The van der Waals surface area contributed by atoms with Crippen molar-refractivity contribution in [1.82, 2.24) is 25.1 Å². The monoisotopic (exact) mass is 286 g/mol. The van der Waals surface area contributed by atoms with Crippen LogP contribution in [-0.2, 0) is 0 Å². The maximum Gasteiger partial charge on any atom is 0.189 e. The van der Waals surface area contributed by atoms with Crippen LogP contribution >= 0.6 is 11.8 Å². The smallest absolute Gasteiger partial charge is 0.189 e. The fraction of sp³-hybridized carbons (Fsp3) is 0.385. The van der Waals surface area contributed by atoms with Gasteiger partial charge in [0.05, 0.1) is 23.5 Å². The van der Waals surface area contributed by atoms with Crippen LogP contribution in [0.4, 0.5) is 5.82 Å². The summed E-state index contributed by atoms with van der Waals surface area (Å²) in [7, 11) is 0. The highest BCUT2D eigenvalue weighted by molar-refractivity contribution is 8.08. The van der Waals surface area contributed by atoms with Gasteiger partial charge in [-0.05, 0) is 30.7 Å². The third-order valence-corrected chi connectivity index (χ3v) is 4.46. The van der Waals surface area contributed by atoms with Gasteiger partial charge < -0.3 is 0 Å². The van der Waals surface area contributed by atoms with Crippen molar-refractivity contribution in [3.05, 3.63) is 36.1 Å². The zero-order valence-electron chi connectivity index (χ0n) is 10.9. The Bertz CT molecular complexity index is 660. The van der Waals surface area contributed by atoms with E-state index in [1.807, 2.05) is 12.4 Å². The number of aromatic nitrogens is 5. The summed E-state index contributed by atoms with van der Waals surface area (Å²) in [5.74, 6) is 3.14. The van der Waals surface area contributed by atoms with Gasteiger partial charge >= 0.3 is 0 Å². The molecule has 0 aromatic carbocycles. The van der Waals surface area contributed by atoms with Crippen LogP contribution in [0.2, 0.25) is 0 Å². The third kappa shape index (κ3) is 2.40. The van der Waals surface area contributed by atoms with E-state index in [1.165, 1.54) is 18.4 Å². The Morgan fingerprint density at radius 2 is 2.25 bits per heavy atom. The minimum absolute atomic E-state index is 0.661. The van der Waals surface area contributed by atoms with E-state index in [0.29, 0.717) is 17.6 Å². The van der Waals surface area contributed by atoms with Gasteiger partial charge in [-0.2, -0.15) is 15.0 Å². The zero-order valence-corrected chi connectivity index (χ0v) is 11.7. The van der Waals surface area contributed by atoms with Gasteiger partial charge in [0.15, 0.2) is 11.6 Å². The molecule has 0 spiro atoms. The van der Waals surface area contributed by atoms with Crippen LogP contribution < -0.4 is 5.43 Å². The Hall–Kier alpha value is -1.89.